The number of nitrogens with zero attached hydrogens (tertiary/aromatic N) is 3. The molecule has 2 heterocycles. The molecule has 1 aromatic heterocycles. The van der Waals surface area contributed by atoms with Crippen LogP contribution in [0.15, 0.2) is 6.20 Å². The van der Waals surface area contributed by atoms with E-state index in [0.29, 0.717) is 0 Å². The molecular formula is C15H28N4O. The molecule has 1 aromatic rings. The molecule has 0 spiro atoms. The molecule has 0 radical (unpaired) electrons. The smallest absolute Gasteiger partial charge is 0.161 e. The number of aryl methyl sites for hydroxylation is 1. The fraction of sp³-hybridized carbons (Fsp3) is 0.800. The van der Waals surface area contributed by atoms with Crippen LogP contribution in [-0.4, -0.2) is 40.4 Å². The van der Waals surface area contributed by atoms with Gasteiger partial charge in [0.15, 0.2) is 5.75 Å². The van der Waals surface area contributed by atoms with E-state index in [1.165, 1.54) is 19.3 Å². The number of aromatic nitrogens is 2. The van der Waals surface area contributed by atoms with Crippen molar-refractivity contribution in [3.05, 3.63) is 11.9 Å². The summed E-state index contributed by atoms with van der Waals surface area (Å²) in [6.45, 7) is 9.61. The van der Waals surface area contributed by atoms with Crippen molar-refractivity contribution in [1.29, 1.82) is 0 Å². The minimum Gasteiger partial charge on any atom is -0.493 e. The Balaban J connectivity index is 2.28. The SMILES string of the molecule is CCn1ncc(OC)c1C(N)C(C)(C)N1CCCCC1. The van der Waals surface area contributed by atoms with Gasteiger partial charge in [0.25, 0.3) is 0 Å². The van der Waals surface area contributed by atoms with E-state index in [0.717, 1.165) is 31.1 Å². The van der Waals surface area contributed by atoms with Gasteiger partial charge in [-0.05, 0) is 46.7 Å². The van der Waals surface area contributed by atoms with E-state index in [1.807, 2.05) is 4.68 Å². The molecule has 5 nitrogen and oxygen atoms in total. The average Bonchev–Trinajstić information content (AvgIpc) is 2.90. The molecule has 5 heteroatoms. The topological polar surface area (TPSA) is 56.3 Å². The van der Waals surface area contributed by atoms with Crippen molar-refractivity contribution in [3.8, 4) is 5.75 Å². The largest absolute Gasteiger partial charge is 0.493 e. The van der Waals surface area contributed by atoms with Gasteiger partial charge >= 0.3 is 0 Å². The summed E-state index contributed by atoms with van der Waals surface area (Å²) >= 11 is 0. The average molecular weight is 280 g/mol. The highest BCUT2D eigenvalue weighted by Gasteiger charge is 2.37. The Morgan fingerprint density at radius 2 is 2.00 bits per heavy atom. The van der Waals surface area contributed by atoms with Crippen LogP contribution >= 0.6 is 0 Å². The predicted molar refractivity (Wildman–Crippen MR) is 80.9 cm³/mol. The zero-order valence-corrected chi connectivity index (χ0v) is 13.2. The maximum atomic E-state index is 6.62. The lowest BCUT2D eigenvalue weighted by Gasteiger charge is -2.44. The van der Waals surface area contributed by atoms with Crippen LogP contribution in [-0.2, 0) is 6.54 Å². The highest BCUT2D eigenvalue weighted by atomic mass is 16.5. The number of methoxy groups -OCH3 is 1. The molecule has 0 aromatic carbocycles. The monoisotopic (exact) mass is 280 g/mol. The van der Waals surface area contributed by atoms with Crippen LogP contribution in [0, 0.1) is 0 Å². The first-order valence-corrected chi connectivity index (χ1v) is 7.62. The lowest BCUT2D eigenvalue weighted by Crippen LogP contribution is -2.53. The molecule has 1 aliphatic heterocycles. The molecule has 1 atom stereocenters. The van der Waals surface area contributed by atoms with Crippen molar-refractivity contribution in [3.63, 3.8) is 0 Å². The van der Waals surface area contributed by atoms with Crippen LogP contribution in [0.25, 0.3) is 0 Å². The van der Waals surface area contributed by atoms with Crippen LogP contribution in [0.1, 0.15) is 51.8 Å². The Hall–Kier alpha value is -1.07. The minimum atomic E-state index is -0.113. The van der Waals surface area contributed by atoms with E-state index in [4.69, 9.17) is 10.5 Å². The molecule has 1 fully saturated rings. The number of hydrogen-bond donors (Lipinski definition) is 1. The molecule has 0 bridgehead atoms. The van der Waals surface area contributed by atoms with Gasteiger partial charge in [-0.1, -0.05) is 6.42 Å². The zero-order chi connectivity index (χ0) is 14.8. The Morgan fingerprint density at radius 3 is 2.55 bits per heavy atom. The molecule has 2 rings (SSSR count). The Kier molecular flexibility index (Phi) is 4.70. The van der Waals surface area contributed by atoms with Crippen molar-refractivity contribution < 1.29 is 4.74 Å². The fourth-order valence-corrected chi connectivity index (χ4v) is 3.10. The lowest BCUT2D eigenvalue weighted by molar-refractivity contribution is 0.0697. The summed E-state index contributed by atoms with van der Waals surface area (Å²) in [5.74, 6) is 0.796. The highest BCUT2D eigenvalue weighted by molar-refractivity contribution is 5.30. The molecule has 1 aliphatic rings. The molecule has 1 saturated heterocycles. The van der Waals surface area contributed by atoms with Gasteiger partial charge in [0.2, 0.25) is 0 Å². The molecular weight excluding hydrogens is 252 g/mol. The summed E-state index contributed by atoms with van der Waals surface area (Å²) in [6.07, 6.45) is 5.63. The molecule has 2 N–H and O–H groups in total. The number of ether oxygens (including phenoxy) is 1. The first-order chi connectivity index (χ1) is 9.52. The second-order valence-corrected chi connectivity index (χ2v) is 6.09. The minimum absolute atomic E-state index is 0.0966. The van der Waals surface area contributed by atoms with E-state index >= 15 is 0 Å². The van der Waals surface area contributed by atoms with E-state index in [2.05, 4.69) is 30.8 Å². The van der Waals surface area contributed by atoms with Gasteiger partial charge in [-0.15, -0.1) is 0 Å². The molecule has 0 saturated carbocycles. The van der Waals surface area contributed by atoms with Crippen molar-refractivity contribution in [2.45, 2.75) is 58.2 Å². The van der Waals surface area contributed by atoms with Crippen molar-refractivity contribution in [2.75, 3.05) is 20.2 Å². The number of hydrogen-bond acceptors (Lipinski definition) is 4. The Labute approximate surface area is 122 Å². The second kappa shape index (κ2) is 6.14. The maximum absolute atomic E-state index is 6.62. The van der Waals surface area contributed by atoms with Gasteiger partial charge in [-0.25, -0.2) is 0 Å². The van der Waals surface area contributed by atoms with Crippen LogP contribution < -0.4 is 10.5 Å². The molecule has 0 aliphatic carbocycles. The number of rotatable bonds is 5. The third kappa shape index (κ3) is 2.69. The van der Waals surface area contributed by atoms with Crippen molar-refractivity contribution in [1.82, 2.24) is 14.7 Å². The van der Waals surface area contributed by atoms with E-state index in [-0.39, 0.29) is 11.6 Å². The summed E-state index contributed by atoms with van der Waals surface area (Å²) < 4.78 is 7.40. The maximum Gasteiger partial charge on any atom is 0.161 e. The van der Waals surface area contributed by atoms with Gasteiger partial charge in [-0.2, -0.15) is 5.10 Å². The predicted octanol–water partition coefficient (Wildman–Crippen LogP) is 2.18. The van der Waals surface area contributed by atoms with Gasteiger partial charge in [0.1, 0.15) is 0 Å². The number of piperidine rings is 1. The van der Waals surface area contributed by atoms with Crippen LogP contribution in [0.5, 0.6) is 5.75 Å². The van der Waals surface area contributed by atoms with E-state index in [1.54, 1.807) is 13.3 Å². The summed E-state index contributed by atoms with van der Waals surface area (Å²) in [5, 5.41) is 4.38. The third-order valence-corrected chi connectivity index (χ3v) is 4.59. The summed E-state index contributed by atoms with van der Waals surface area (Å²) in [5.41, 5.74) is 7.53. The first kappa shape index (κ1) is 15.3. The molecule has 20 heavy (non-hydrogen) atoms. The first-order valence-electron chi connectivity index (χ1n) is 7.62. The lowest BCUT2D eigenvalue weighted by atomic mass is 9.88. The Bertz CT molecular complexity index is 414. The number of likely N-dealkylation sites (tertiary alicyclic amines) is 1. The second-order valence-electron chi connectivity index (χ2n) is 6.09. The van der Waals surface area contributed by atoms with Crippen LogP contribution in [0.2, 0.25) is 0 Å². The van der Waals surface area contributed by atoms with Gasteiger partial charge in [-0.3, -0.25) is 9.58 Å². The highest BCUT2D eigenvalue weighted by Crippen LogP contribution is 2.35. The van der Waals surface area contributed by atoms with Crippen molar-refractivity contribution >= 4 is 0 Å². The molecule has 114 valence electrons. The zero-order valence-electron chi connectivity index (χ0n) is 13.2. The summed E-state index contributed by atoms with van der Waals surface area (Å²) in [6, 6.07) is -0.113. The van der Waals surface area contributed by atoms with Crippen LogP contribution in [0.4, 0.5) is 0 Å². The summed E-state index contributed by atoms with van der Waals surface area (Å²) in [7, 11) is 1.68. The van der Waals surface area contributed by atoms with Crippen molar-refractivity contribution in [2.24, 2.45) is 5.73 Å². The Morgan fingerprint density at radius 1 is 1.35 bits per heavy atom. The summed E-state index contributed by atoms with van der Waals surface area (Å²) in [4.78, 5) is 2.51. The quantitative estimate of drug-likeness (QED) is 0.898. The van der Waals surface area contributed by atoms with E-state index in [9.17, 15) is 0 Å². The van der Waals surface area contributed by atoms with E-state index < -0.39 is 0 Å². The third-order valence-electron chi connectivity index (χ3n) is 4.59. The molecule has 0 amide bonds. The van der Waals surface area contributed by atoms with Gasteiger partial charge < -0.3 is 10.5 Å². The van der Waals surface area contributed by atoms with Crippen LogP contribution in [0.3, 0.4) is 0 Å². The van der Waals surface area contributed by atoms with Gasteiger partial charge in [0, 0.05) is 12.1 Å². The van der Waals surface area contributed by atoms with Gasteiger partial charge in [0.05, 0.1) is 25.0 Å². The number of nitrogens with two attached hydrogens (primary N) is 1. The molecule has 1 unspecified atom stereocenters. The normalized spacial score (nSPS) is 19.1. The standard InChI is InChI=1S/C15H28N4O/c1-5-19-13(12(20-4)11-17-19)14(16)15(2,3)18-9-7-6-8-10-18/h11,14H,5-10,16H2,1-4H3. The fourth-order valence-electron chi connectivity index (χ4n) is 3.10.